The fraction of sp³-hybridized carbons (Fsp3) is 1.00. The van der Waals surface area contributed by atoms with E-state index in [2.05, 4.69) is 36.7 Å². The average molecular weight is 302 g/mol. The summed E-state index contributed by atoms with van der Waals surface area (Å²) in [6, 6.07) is 0. The van der Waals surface area contributed by atoms with E-state index in [0.717, 1.165) is 17.2 Å². The Balaban J connectivity index is 0. The summed E-state index contributed by atoms with van der Waals surface area (Å²) in [5.74, 6) is 1.79. The molecule has 2 heteroatoms. The first-order valence-electron chi connectivity index (χ1n) is 4.72. The third-order valence-electron chi connectivity index (χ3n) is 2.08. The van der Waals surface area contributed by atoms with Crippen LogP contribution in [-0.4, -0.2) is 5.33 Å². The smallest absolute Gasteiger partial charge is 0.00338 e. The summed E-state index contributed by atoms with van der Waals surface area (Å²) >= 11 is 3.47. The first-order chi connectivity index (χ1) is 5.16. The summed E-state index contributed by atoms with van der Waals surface area (Å²) < 4.78 is 0. The molecule has 0 aliphatic carbocycles. The Labute approximate surface area is 96.4 Å². The summed E-state index contributed by atoms with van der Waals surface area (Å²) in [5.41, 5.74) is 0. The second-order valence-corrected chi connectivity index (χ2v) is 4.70. The van der Waals surface area contributed by atoms with Crippen LogP contribution in [-0.2, 0) is 0 Å². The molecule has 0 saturated heterocycles. The van der Waals surface area contributed by atoms with Gasteiger partial charge in [0.05, 0.1) is 0 Å². The minimum Gasteiger partial charge on any atom is -0.114 e. The van der Waals surface area contributed by atoms with Crippen molar-refractivity contribution in [3.05, 3.63) is 0 Å². The Morgan fingerprint density at radius 3 is 2.00 bits per heavy atom. The Morgan fingerprint density at radius 2 is 1.58 bits per heavy atom. The first-order valence-corrected chi connectivity index (χ1v) is 5.85. The molecule has 0 heterocycles. The first kappa shape index (κ1) is 15.4. The van der Waals surface area contributed by atoms with E-state index >= 15 is 0 Å². The molecule has 0 aromatic rings. The van der Waals surface area contributed by atoms with E-state index < -0.39 is 0 Å². The van der Waals surface area contributed by atoms with Gasteiger partial charge in [-0.2, -0.15) is 0 Å². The quantitative estimate of drug-likeness (QED) is 0.618. The molecular formula is C10H22Br2. The molecule has 0 nitrogen and oxygen atoms in total. The standard InChI is InChI=1S/C10H21Br.BrH/c1-9(2)5-4-6-10(3)7-8-11;/h9-10H,4-8H2,1-3H3;1H. The summed E-state index contributed by atoms with van der Waals surface area (Å²) in [7, 11) is 0. The van der Waals surface area contributed by atoms with Gasteiger partial charge < -0.3 is 0 Å². The van der Waals surface area contributed by atoms with Gasteiger partial charge in [0.15, 0.2) is 0 Å². The van der Waals surface area contributed by atoms with Crippen molar-refractivity contribution in [3.8, 4) is 0 Å². The molecule has 0 radical (unpaired) electrons. The molecule has 1 atom stereocenters. The maximum atomic E-state index is 3.47. The maximum Gasteiger partial charge on any atom is 0.00338 e. The van der Waals surface area contributed by atoms with Crippen molar-refractivity contribution in [2.45, 2.75) is 46.5 Å². The monoisotopic (exact) mass is 300 g/mol. The lowest BCUT2D eigenvalue weighted by Crippen LogP contribution is -1.96. The second kappa shape index (κ2) is 10.0. The van der Waals surface area contributed by atoms with Crippen LogP contribution in [0.2, 0.25) is 0 Å². The van der Waals surface area contributed by atoms with Gasteiger partial charge in [0.2, 0.25) is 0 Å². The van der Waals surface area contributed by atoms with Gasteiger partial charge in [0.25, 0.3) is 0 Å². The molecular weight excluding hydrogens is 280 g/mol. The molecule has 0 aromatic carbocycles. The number of hydrogen-bond donors (Lipinski definition) is 0. The Kier molecular flexibility index (Phi) is 12.9. The second-order valence-electron chi connectivity index (χ2n) is 3.91. The molecule has 0 aliphatic rings. The van der Waals surface area contributed by atoms with E-state index in [1.807, 2.05) is 0 Å². The number of hydrogen-bond acceptors (Lipinski definition) is 0. The van der Waals surface area contributed by atoms with Crippen LogP contribution in [0, 0.1) is 11.8 Å². The van der Waals surface area contributed by atoms with Gasteiger partial charge in [-0.05, 0) is 18.3 Å². The zero-order valence-corrected chi connectivity index (χ0v) is 11.8. The van der Waals surface area contributed by atoms with Crippen LogP contribution in [0.1, 0.15) is 46.5 Å². The summed E-state index contributed by atoms with van der Waals surface area (Å²) in [4.78, 5) is 0. The molecule has 12 heavy (non-hydrogen) atoms. The van der Waals surface area contributed by atoms with E-state index in [1.54, 1.807) is 0 Å². The van der Waals surface area contributed by atoms with E-state index in [0.29, 0.717) is 0 Å². The number of rotatable bonds is 6. The van der Waals surface area contributed by atoms with Gasteiger partial charge in [0.1, 0.15) is 0 Å². The molecule has 0 aliphatic heterocycles. The largest absolute Gasteiger partial charge is 0.114 e. The molecule has 0 saturated carbocycles. The van der Waals surface area contributed by atoms with Crippen molar-refractivity contribution in [2.24, 2.45) is 11.8 Å². The van der Waals surface area contributed by atoms with Crippen molar-refractivity contribution in [1.82, 2.24) is 0 Å². The van der Waals surface area contributed by atoms with Crippen molar-refractivity contribution in [3.63, 3.8) is 0 Å². The highest BCUT2D eigenvalue weighted by molar-refractivity contribution is 9.09. The molecule has 0 N–H and O–H groups in total. The Morgan fingerprint density at radius 1 is 1.00 bits per heavy atom. The van der Waals surface area contributed by atoms with E-state index in [-0.39, 0.29) is 17.0 Å². The zero-order chi connectivity index (χ0) is 8.69. The van der Waals surface area contributed by atoms with Crippen LogP contribution in [0.5, 0.6) is 0 Å². The predicted octanol–water partition coefficient (Wildman–Crippen LogP) is 4.81. The number of alkyl halides is 1. The topological polar surface area (TPSA) is 0 Å². The Hall–Kier alpha value is 0.960. The molecule has 0 fully saturated rings. The maximum absolute atomic E-state index is 3.47. The fourth-order valence-corrected chi connectivity index (χ4v) is 1.99. The van der Waals surface area contributed by atoms with Crippen LogP contribution in [0.3, 0.4) is 0 Å². The SMILES string of the molecule is Br.CC(C)CCCC(C)CCBr. The minimum absolute atomic E-state index is 0. The Bertz CT molecular complexity index is 81.9. The van der Waals surface area contributed by atoms with Crippen molar-refractivity contribution < 1.29 is 0 Å². The highest BCUT2D eigenvalue weighted by Gasteiger charge is 2.01. The average Bonchev–Trinajstić information content (AvgIpc) is 1.87. The predicted molar refractivity (Wildman–Crippen MR) is 66.6 cm³/mol. The summed E-state index contributed by atoms with van der Waals surface area (Å²) in [6.45, 7) is 6.95. The molecule has 0 aromatic heterocycles. The van der Waals surface area contributed by atoms with Crippen LogP contribution in [0.25, 0.3) is 0 Å². The van der Waals surface area contributed by atoms with Gasteiger partial charge in [-0.1, -0.05) is 56.0 Å². The zero-order valence-electron chi connectivity index (χ0n) is 8.48. The molecule has 1 unspecified atom stereocenters. The van der Waals surface area contributed by atoms with Gasteiger partial charge >= 0.3 is 0 Å². The van der Waals surface area contributed by atoms with Crippen molar-refractivity contribution in [2.75, 3.05) is 5.33 Å². The third-order valence-corrected chi connectivity index (χ3v) is 2.54. The van der Waals surface area contributed by atoms with Gasteiger partial charge in [0, 0.05) is 5.33 Å². The lowest BCUT2D eigenvalue weighted by Gasteiger charge is -2.09. The van der Waals surface area contributed by atoms with E-state index in [9.17, 15) is 0 Å². The molecule has 0 bridgehead atoms. The van der Waals surface area contributed by atoms with Crippen LogP contribution >= 0.6 is 32.9 Å². The van der Waals surface area contributed by atoms with Crippen molar-refractivity contribution >= 4 is 32.9 Å². The van der Waals surface area contributed by atoms with Gasteiger partial charge in [-0.25, -0.2) is 0 Å². The normalized spacial score (nSPS) is 12.8. The summed E-state index contributed by atoms with van der Waals surface area (Å²) in [5, 5.41) is 1.16. The molecule has 0 amide bonds. The lowest BCUT2D eigenvalue weighted by molar-refractivity contribution is 0.452. The third kappa shape index (κ3) is 11.0. The van der Waals surface area contributed by atoms with Gasteiger partial charge in [-0.15, -0.1) is 17.0 Å². The van der Waals surface area contributed by atoms with Gasteiger partial charge in [-0.3, -0.25) is 0 Å². The molecule has 0 spiro atoms. The molecule has 76 valence electrons. The fourth-order valence-electron chi connectivity index (χ4n) is 1.21. The minimum atomic E-state index is 0. The van der Waals surface area contributed by atoms with E-state index in [1.165, 1.54) is 25.7 Å². The summed E-state index contributed by atoms with van der Waals surface area (Å²) in [6.07, 6.45) is 5.54. The highest BCUT2D eigenvalue weighted by atomic mass is 79.9. The lowest BCUT2D eigenvalue weighted by atomic mass is 9.98. The number of halogens is 2. The highest BCUT2D eigenvalue weighted by Crippen LogP contribution is 2.15. The molecule has 0 rings (SSSR count). The van der Waals surface area contributed by atoms with Crippen LogP contribution in [0.15, 0.2) is 0 Å². The van der Waals surface area contributed by atoms with E-state index in [4.69, 9.17) is 0 Å². The van der Waals surface area contributed by atoms with Crippen LogP contribution in [0.4, 0.5) is 0 Å². The van der Waals surface area contributed by atoms with Crippen molar-refractivity contribution in [1.29, 1.82) is 0 Å². The van der Waals surface area contributed by atoms with Crippen LogP contribution < -0.4 is 0 Å².